The average molecular weight is 490 g/mol. The second-order valence-electron chi connectivity index (χ2n) is 8.25. The molecule has 0 aromatic carbocycles. The molecule has 0 bridgehead atoms. The van der Waals surface area contributed by atoms with Gasteiger partial charge in [-0.05, 0) is 38.2 Å². The van der Waals surface area contributed by atoms with Gasteiger partial charge in [0.1, 0.15) is 6.33 Å². The van der Waals surface area contributed by atoms with Gasteiger partial charge in [0.2, 0.25) is 5.82 Å². The first-order valence-electron chi connectivity index (χ1n) is 10.9. The zero-order chi connectivity index (χ0) is 24.2. The van der Waals surface area contributed by atoms with E-state index in [9.17, 15) is 17.2 Å². The lowest BCUT2D eigenvalue weighted by Gasteiger charge is -2.31. The first-order valence-corrected chi connectivity index (χ1v) is 12.4. The highest BCUT2D eigenvalue weighted by atomic mass is 32.2. The second-order valence-corrected chi connectivity index (χ2v) is 10.1. The fraction of sp³-hybridized carbons (Fsp3) is 0.650. The van der Waals surface area contributed by atoms with Crippen LogP contribution in [0.25, 0.3) is 0 Å². The summed E-state index contributed by atoms with van der Waals surface area (Å²) in [5.41, 5.74) is 1.85. The predicted molar refractivity (Wildman–Crippen MR) is 119 cm³/mol. The topological polar surface area (TPSA) is 96.2 Å². The van der Waals surface area contributed by atoms with Crippen LogP contribution in [0, 0.1) is 18.7 Å². The van der Waals surface area contributed by atoms with Gasteiger partial charge in [-0.15, -0.1) is 0 Å². The number of nitrogens with one attached hydrogen (secondary N) is 1. The van der Waals surface area contributed by atoms with Gasteiger partial charge in [0.25, 0.3) is 10.0 Å². The van der Waals surface area contributed by atoms with Gasteiger partial charge >= 0.3 is 5.76 Å². The predicted octanol–water partition coefficient (Wildman–Crippen LogP) is 2.84. The van der Waals surface area contributed by atoms with Crippen molar-refractivity contribution in [2.45, 2.75) is 52.0 Å². The minimum absolute atomic E-state index is 0.0102. The molecule has 0 spiro atoms. The first-order chi connectivity index (χ1) is 15.6. The lowest BCUT2D eigenvalue weighted by molar-refractivity contribution is 0.205. The van der Waals surface area contributed by atoms with Crippen LogP contribution in [0.5, 0.6) is 0 Å². The monoisotopic (exact) mass is 489 g/mol. The van der Waals surface area contributed by atoms with E-state index >= 15 is 4.39 Å². The molecule has 2 aromatic rings. The summed E-state index contributed by atoms with van der Waals surface area (Å²) in [4.78, 5) is 9.78. The molecule has 0 unspecified atom stereocenters. The van der Waals surface area contributed by atoms with E-state index in [2.05, 4.69) is 27.3 Å². The summed E-state index contributed by atoms with van der Waals surface area (Å²) in [7, 11) is -2.81. The Labute approximate surface area is 192 Å². The van der Waals surface area contributed by atoms with Crippen LogP contribution in [-0.4, -0.2) is 64.9 Å². The summed E-state index contributed by atoms with van der Waals surface area (Å²) < 4.78 is 66.4. The molecule has 0 aliphatic carbocycles. The second kappa shape index (κ2) is 10.7. The number of hydrogen-bond acceptors (Lipinski definition) is 7. The van der Waals surface area contributed by atoms with Gasteiger partial charge < -0.3 is 10.2 Å². The number of hydrogen-bond donors (Lipinski definition) is 1. The maximum atomic E-state index is 15.1. The van der Waals surface area contributed by atoms with Crippen LogP contribution < -0.4 is 10.2 Å². The van der Waals surface area contributed by atoms with Crippen molar-refractivity contribution >= 4 is 21.7 Å². The van der Waals surface area contributed by atoms with Crippen LogP contribution >= 0.6 is 0 Å². The van der Waals surface area contributed by atoms with E-state index in [0.717, 1.165) is 28.7 Å². The average Bonchev–Trinajstić information content (AvgIpc) is 3.11. The quantitative estimate of drug-likeness (QED) is 0.548. The molecule has 184 valence electrons. The van der Waals surface area contributed by atoms with E-state index in [1.807, 2.05) is 17.7 Å². The van der Waals surface area contributed by atoms with Gasteiger partial charge in [-0.25, -0.2) is 18.4 Å². The largest absolute Gasteiger partial charge is 0.367 e. The molecule has 3 heterocycles. The van der Waals surface area contributed by atoms with Gasteiger partial charge in [0.05, 0.1) is 17.9 Å². The molecule has 33 heavy (non-hydrogen) atoms. The zero-order valence-electron chi connectivity index (χ0n) is 19.0. The van der Waals surface area contributed by atoms with Crippen molar-refractivity contribution in [3.8, 4) is 0 Å². The minimum atomic E-state index is -4.56. The fourth-order valence-electron chi connectivity index (χ4n) is 3.92. The molecule has 9 nitrogen and oxygen atoms in total. The molecule has 0 radical (unpaired) electrons. The number of aryl methyl sites for hydroxylation is 2. The third kappa shape index (κ3) is 5.94. The van der Waals surface area contributed by atoms with Gasteiger partial charge in [-0.2, -0.15) is 22.6 Å². The molecular formula is C20H30F3N7O2S. The molecule has 0 amide bonds. The molecule has 1 aliphatic rings. The first kappa shape index (κ1) is 25.2. The highest BCUT2D eigenvalue weighted by molar-refractivity contribution is 7.89. The lowest BCUT2D eigenvalue weighted by atomic mass is 9.98. The van der Waals surface area contributed by atoms with Crippen LogP contribution in [0.3, 0.4) is 0 Å². The summed E-state index contributed by atoms with van der Waals surface area (Å²) in [5, 5.41) is 7.43. The summed E-state index contributed by atoms with van der Waals surface area (Å²) in [5.74, 6) is -3.80. The van der Waals surface area contributed by atoms with Crippen LogP contribution in [0.1, 0.15) is 37.6 Å². The third-order valence-corrected chi connectivity index (χ3v) is 7.20. The number of rotatable bonds is 10. The van der Waals surface area contributed by atoms with Gasteiger partial charge in [-0.1, -0.05) is 6.92 Å². The molecular weight excluding hydrogens is 459 g/mol. The van der Waals surface area contributed by atoms with Crippen molar-refractivity contribution in [2.75, 3.05) is 36.9 Å². The molecule has 2 aromatic heterocycles. The number of aromatic nitrogens is 4. The standard InChI is InChI=1S/C20H30F3N7O2S/c1-4-7-30-16(10-14(2)27-30)12-28(3)19-17(21)18(25-13-26-19)24-11-15-5-8-29(9-6-15)33(31,32)20(22)23/h10,13,15,20H,4-9,11-12H2,1-3H3,(H,24,25,26). The van der Waals surface area contributed by atoms with E-state index in [-0.39, 0.29) is 30.6 Å². The Morgan fingerprint density at radius 3 is 2.61 bits per heavy atom. The number of piperidine rings is 1. The molecule has 0 saturated carbocycles. The molecule has 3 rings (SSSR count). The van der Waals surface area contributed by atoms with E-state index < -0.39 is 21.6 Å². The Morgan fingerprint density at radius 2 is 1.97 bits per heavy atom. The van der Waals surface area contributed by atoms with Crippen LogP contribution in [-0.2, 0) is 23.1 Å². The Hall–Kier alpha value is -2.41. The van der Waals surface area contributed by atoms with Crippen molar-refractivity contribution in [3.05, 3.63) is 29.6 Å². The van der Waals surface area contributed by atoms with Crippen LogP contribution in [0.15, 0.2) is 12.4 Å². The van der Waals surface area contributed by atoms with Crippen LogP contribution in [0.2, 0.25) is 0 Å². The van der Waals surface area contributed by atoms with Crippen molar-refractivity contribution in [1.82, 2.24) is 24.1 Å². The molecule has 13 heteroatoms. The van der Waals surface area contributed by atoms with Crippen molar-refractivity contribution in [1.29, 1.82) is 0 Å². The molecule has 1 aliphatic heterocycles. The molecule has 1 saturated heterocycles. The normalized spacial score (nSPS) is 15.8. The Bertz CT molecular complexity index is 1040. The van der Waals surface area contributed by atoms with Gasteiger partial charge in [0.15, 0.2) is 11.6 Å². The highest BCUT2D eigenvalue weighted by Crippen LogP contribution is 2.25. The van der Waals surface area contributed by atoms with Gasteiger partial charge in [-0.3, -0.25) is 4.68 Å². The summed E-state index contributed by atoms with van der Waals surface area (Å²) >= 11 is 0. The van der Waals surface area contributed by atoms with Gasteiger partial charge in [0, 0.05) is 33.2 Å². The number of sulfonamides is 1. The summed E-state index contributed by atoms with van der Waals surface area (Å²) in [6.45, 7) is 5.56. The molecule has 0 atom stereocenters. The highest BCUT2D eigenvalue weighted by Gasteiger charge is 2.34. The fourth-order valence-corrected chi connectivity index (χ4v) is 4.87. The number of nitrogens with zero attached hydrogens (tertiary/aromatic N) is 6. The SMILES string of the molecule is CCCn1nc(C)cc1CN(C)c1ncnc(NCC2CCN(S(=O)(=O)C(F)F)CC2)c1F. The van der Waals surface area contributed by atoms with E-state index in [4.69, 9.17) is 0 Å². The maximum Gasteiger partial charge on any atom is 0.350 e. The van der Waals surface area contributed by atoms with E-state index in [0.29, 0.717) is 25.9 Å². The Balaban J connectivity index is 1.60. The minimum Gasteiger partial charge on any atom is -0.367 e. The summed E-state index contributed by atoms with van der Waals surface area (Å²) in [6, 6.07) is 1.96. The van der Waals surface area contributed by atoms with Crippen LogP contribution in [0.4, 0.5) is 24.8 Å². The van der Waals surface area contributed by atoms with Crippen molar-refractivity contribution in [2.24, 2.45) is 5.92 Å². The van der Waals surface area contributed by atoms with E-state index in [1.54, 1.807) is 11.9 Å². The number of anilines is 2. The maximum absolute atomic E-state index is 15.1. The Kier molecular flexibility index (Phi) is 8.16. The smallest absolute Gasteiger partial charge is 0.350 e. The number of alkyl halides is 2. The third-order valence-electron chi connectivity index (χ3n) is 5.67. The zero-order valence-corrected chi connectivity index (χ0v) is 19.8. The lowest BCUT2D eigenvalue weighted by Crippen LogP contribution is -2.42. The van der Waals surface area contributed by atoms with Crippen molar-refractivity contribution < 1.29 is 21.6 Å². The number of halogens is 3. The van der Waals surface area contributed by atoms with E-state index in [1.165, 1.54) is 6.33 Å². The molecule has 1 fully saturated rings. The Morgan fingerprint density at radius 1 is 1.27 bits per heavy atom. The summed E-state index contributed by atoms with van der Waals surface area (Å²) in [6.07, 6.45) is 3.02. The molecule has 1 N–H and O–H groups in total. The van der Waals surface area contributed by atoms with Crippen molar-refractivity contribution in [3.63, 3.8) is 0 Å².